The van der Waals surface area contributed by atoms with Gasteiger partial charge in [-0.15, -0.1) is 0 Å². The molecule has 2 heterocycles. The van der Waals surface area contributed by atoms with Crippen molar-refractivity contribution in [3.63, 3.8) is 0 Å². The van der Waals surface area contributed by atoms with E-state index in [0.717, 1.165) is 17.8 Å². The highest BCUT2D eigenvalue weighted by Crippen LogP contribution is 2.31. The zero-order valence-electron chi connectivity index (χ0n) is 15.0. The molecule has 0 fully saturated rings. The number of halogens is 3. The molecule has 29 heavy (non-hydrogen) atoms. The van der Waals surface area contributed by atoms with E-state index in [0.29, 0.717) is 5.82 Å². The van der Waals surface area contributed by atoms with Crippen LogP contribution in [0.2, 0.25) is 0 Å². The lowest BCUT2D eigenvalue weighted by atomic mass is 10.2. The molecule has 0 radical (unpaired) electrons. The van der Waals surface area contributed by atoms with E-state index in [1.165, 1.54) is 18.3 Å². The van der Waals surface area contributed by atoms with Crippen LogP contribution in [-0.4, -0.2) is 20.3 Å². The van der Waals surface area contributed by atoms with Crippen LogP contribution in [0.15, 0.2) is 85.3 Å². The van der Waals surface area contributed by atoms with E-state index < -0.39 is 17.6 Å². The van der Waals surface area contributed by atoms with Crippen molar-refractivity contribution in [3.8, 4) is 11.5 Å². The minimum absolute atomic E-state index is 0.0516. The van der Waals surface area contributed by atoms with Gasteiger partial charge in [-0.3, -0.25) is 4.79 Å². The fourth-order valence-electron chi connectivity index (χ4n) is 2.96. The van der Waals surface area contributed by atoms with E-state index >= 15 is 0 Å². The topological polar surface area (TPSA) is 51.9 Å². The summed E-state index contributed by atoms with van der Waals surface area (Å²) >= 11 is 0. The molecule has 1 amide bonds. The Morgan fingerprint density at radius 2 is 1.66 bits per heavy atom. The second kappa shape index (κ2) is 7.31. The van der Waals surface area contributed by atoms with Crippen LogP contribution in [0, 0.1) is 0 Å². The van der Waals surface area contributed by atoms with Crippen molar-refractivity contribution in [2.24, 2.45) is 0 Å². The third kappa shape index (κ3) is 3.77. The van der Waals surface area contributed by atoms with Gasteiger partial charge in [0.15, 0.2) is 5.82 Å². The van der Waals surface area contributed by atoms with Crippen molar-refractivity contribution in [3.05, 3.63) is 96.4 Å². The van der Waals surface area contributed by atoms with Gasteiger partial charge in [0.2, 0.25) is 0 Å². The van der Waals surface area contributed by atoms with E-state index in [1.54, 1.807) is 33.8 Å². The van der Waals surface area contributed by atoms with Gasteiger partial charge in [0.05, 0.1) is 17.4 Å². The van der Waals surface area contributed by atoms with E-state index in [2.05, 4.69) is 10.4 Å². The predicted molar refractivity (Wildman–Crippen MR) is 102 cm³/mol. The fourth-order valence-corrected chi connectivity index (χ4v) is 2.96. The molecular formula is C21H15F3N4O. The highest BCUT2D eigenvalue weighted by molar-refractivity contribution is 6.06. The number of para-hydroxylation sites is 1. The number of hydrogen-bond acceptors (Lipinski definition) is 2. The molecule has 2 aromatic carbocycles. The summed E-state index contributed by atoms with van der Waals surface area (Å²) in [5, 5.41) is 6.85. The number of amides is 1. The van der Waals surface area contributed by atoms with Crippen molar-refractivity contribution in [1.29, 1.82) is 0 Å². The van der Waals surface area contributed by atoms with Crippen molar-refractivity contribution in [2.75, 3.05) is 5.32 Å². The summed E-state index contributed by atoms with van der Waals surface area (Å²) in [6, 6.07) is 17.4. The Hall–Kier alpha value is -3.81. The van der Waals surface area contributed by atoms with Crippen molar-refractivity contribution < 1.29 is 18.0 Å². The number of anilines is 1. The summed E-state index contributed by atoms with van der Waals surface area (Å²) in [4.78, 5) is 12.9. The average Bonchev–Trinajstić information content (AvgIpc) is 3.37. The van der Waals surface area contributed by atoms with E-state index in [9.17, 15) is 18.0 Å². The maximum Gasteiger partial charge on any atom is 0.416 e. The van der Waals surface area contributed by atoms with Gasteiger partial charge in [-0.2, -0.15) is 18.3 Å². The molecule has 0 saturated carbocycles. The fraction of sp³-hybridized carbons (Fsp3) is 0.0476. The van der Waals surface area contributed by atoms with Gasteiger partial charge in [0.25, 0.3) is 5.91 Å². The van der Waals surface area contributed by atoms with Crippen LogP contribution in [0.25, 0.3) is 11.5 Å². The molecule has 0 atom stereocenters. The Bertz CT molecular complexity index is 1130. The van der Waals surface area contributed by atoms with Crippen LogP contribution >= 0.6 is 0 Å². The Morgan fingerprint density at radius 1 is 0.931 bits per heavy atom. The summed E-state index contributed by atoms with van der Waals surface area (Å²) in [5.74, 6) is -0.0825. The first kappa shape index (κ1) is 18.5. The van der Waals surface area contributed by atoms with Crippen LogP contribution in [0.5, 0.6) is 0 Å². The summed E-state index contributed by atoms with van der Waals surface area (Å²) in [6.07, 6.45) is 0.426. The Labute approximate surface area is 164 Å². The summed E-state index contributed by atoms with van der Waals surface area (Å²) in [6.45, 7) is 0. The first-order valence-electron chi connectivity index (χ1n) is 8.69. The average molecular weight is 396 g/mol. The predicted octanol–water partition coefficient (Wildman–Crippen LogP) is 4.93. The molecule has 146 valence electrons. The van der Waals surface area contributed by atoms with Crippen LogP contribution in [0.4, 0.5) is 18.9 Å². The zero-order chi connectivity index (χ0) is 20.4. The van der Waals surface area contributed by atoms with Crippen molar-refractivity contribution >= 4 is 11.6 Å². The number of rotatable bonds is 4. The minimum atomic E-state index is -4.49. The largest absolute Gasteiger partial charge is 0.416 e. The van der Waals surface area contributed by atoms with Gasteiger partial charge in [-0.1, -0.05) is 24.3 Å². The molecule has 0 spiro atoms. The number of aromatic nitrogens is 3. The Kier molecular flexibility index (Phi) is 4.67. The molecule has 4 rings (SSSR count). The third-order valence-electron chi connectivity index (χ3n) is 4.29. The molecule has 1 N–H and O–H groups in total. The molecule has 0 aliphatic carbocycles. The van der Waals surface area contributed by atoms with Crippen LogP contribution in [0.3, 0.4) is 0 Å². The van der Waals surface area contributed by atoms with Crippen LogP contribution in [0.1, 0.15) is 15.9 Å². The summed E-state index contributed by atoms with van der Waals surface area (Å²) in [7, 11) is 0. The second-order valence-corrected chi connectivity index (χ2v) is 6.25. The normalized spacial score (nSPS) is 11.4. The van der Waals surface area contributed by atoms with Crippen molar-refractivity contribution in [2.45, 2.75) is 6.18 Å². The molecule has 0 bridgehead atoms. The number of carbonyl (C=O) groups excluding carboxylic acids is 1. The molecule has 2 aromatic heterocycles. The highest BCUT2D eigenvalue weighted by Gasteiger charge is 2.30. The van der Waals surface area contributed by atoms with Crippen LogP contribution < -0.4 is 5.32 Å². The highest BCUT2D eigenvalue weighted by atomic mass is 19.4. The number of carbonyl (C=O) groups is 1. The molecule has 0 aliphatic rings. The van der Waals surface area contributed by atoms with Gasteiger partial charge in [-0.25, -0.2) is 4.68 Å². The molecule has 4 aromatic rings. The van der Waals surface area contributed by atoms with E-state index in [1.807, 2.05) is 30.3 Å². The van der Waals surface area contributed by atoms with Gasteiger partial charge in [0, 0.05) is 18.1 Å². The second-order valence-electron chi connectivity index (χ2n) is 6.25. The van der Waals surface area contributed by atoms with Crippen molar-refractivity contribution in [1.82, 2.24) is 14.3 Å². The monoisotopic (exact) mass is 396 g/mol. The molecule has 0 saturated heterocycles. The SMILES string of the molecule is O=C(Nc1cccc(C(F)(F)F)c1)c1cnn(-c2ccccc2)c1-n1cccc1. The first-order chi connectivity index (χ1) is 13.9. The van der Waals surface area contributed by atoms with E-state index in [-0.39, 0.29) is 11.3 Å². The quantitative estimate of drug-likeness (QED) is 0.532. The molecule has 8 heteroatoms. The summed E-state index contributed by atoms with van der Waals surface area (Å²) < 4.78 is 42.1. The number of nitrogens with one attached hydrogen (secondary N) is 1. The number of benzene rings is 2. The molecule has 0 unspecified atom stereocenters. The zero-order valence-corrected chi connectivity index (χ0v) is 15.0. The standard InChI is InChI=1S/C21H15F3N4O/c22-21(23,24)15-7-6-8-16(13-15)26-19(29)18-14-25-28(17-9-2-1-3-10-17)20(18)27-11-4-5-12-27/h1-14H,(H,26,29). The smallest absolute Gasteiger partial charge is 0.322 e. The van der Waals surface area contributed by atoms with Gasteiger partial charge >= 0.3 is 6.18 Å². The maximum absolute atomic E-state index is 12.9. The molecular weight excluding hydrogens is 381 g/mol. The molecule has 0 aliphatic heterocycles. The van der Waals surface area contributed by atoms with Gasteiger partial charge < -0.3 is 9.88 Å². The summed E-state index contributed by atoms with van der Waals surface area (Å²) in [5.41, 5.74) is 0.188. The Morgan fingerprint density at radius 3 is 2.34 bits per heavy atom. The maximum atomic E-state index is 12.9. The molecule has 5 nitrogen and oxygen atoms in total. The third-order valence-corrected chi connectivity index (χ3v) is 4.29. The van der Waals surface area contributed by atoms with Crippen LogP contribution in [-0.2, 0) is 6.18 Å². The van der Waals surface area contributed by atoms with E-state index in [4.69, 9.17) is 0 Å². The number of alkyl halides is 3. The lowest BCUT2D eigenvalue weighted by Crippen LogP contribution is -2.16. The van der Waals surface area contributed by atoms with Gasteiger partial charge in [0.1, 0.15) is 5.56 Å². The lowest BCUT2D eigenvalue weighted by molar-refractivity contribution is -0.137. The van der Waals surface area contributed by atoms with Gasteiger partial charge in [-0.05, 0) is 42.5 Å². The lowest BCUT2D eigenvalue weighted by Gasteiger charge is -2.12. The number of hydrogen-bond donors (Lipinski definition) is 1. The Balaban J connectivity index is 1.72. The minimum Gasteiger partial charge on any atom is -0.322 e. The first-order valence-corrected chi connectivity index (χ1v) is 8.69. The number of nitrogens with zero attached hydrogens (tertiary/aromatic N) is 3.